The van der Waals surface area contributed by atoms with Gasteiger partial charge in [-0.1, -0.05) is 0 Å². The van der Waals surface area contributed by atoms with Crippen LogP contribution in [0.3, 0.4) is 0 Å². The number of nitrogens with one attached hydrogen (secondary N) is 1. The van der Waals surface area contributed by atoms with Crippen molar-refractivity contribution in [2.45, 2.75) is 29.1 Å². The summed E-state index contributed by atoms with van der Waals surface area (Å²) in [5.74, 6) is 0. The van der Waals surface area contributed by atoms with Gasteiger partial charge in [0.05, 0.1) is 9.79 Å². The summed E-state index contributed by atoms with van der Waals surface area (Å²) >= 11 is 0. The van der Waals surface area contributed by atoms with Gasteiger partial charge in [-0.3, -0.25) is 0 Å². The molecule has 2 fully saturated rings. The van der Waals surface area contributed by atoms with Gasteiger partial charge < -0.3 is 5.32 Å². The van der Waals surface area contributed by atoms with Crippen molar-refractivity contribution in [3.05, 3.63) is 24.3 Å². The topological polar surface area (TPSA) is 83.5 Å². The Balaban J connectivity index is 1.82. The monoisotopic (exact) mass is 358 g/mol. The first kappa shape index (κ1) is 16.9. The molecular weight excluding hydrogens is 336 g/mol. The molecule has 1 aromatic carbocycles. The molecule has 2 aliphatic rings. The third-order valence-electron chi connectivity index (χ3n) is 4.85. The zero-order valence-corrected chi connectivity index (χ0v) is 14.8. The van der Waals surface area contributed by atoms with Gasteiger partial charge >= 0.3 is 0 Å². The smallest absolute Gasteiger partial charge is 0.243 e. The van der Waals surface area contributed by atoms with Crippen molar-refractivity contribution >= 4 is 19.9 Å². The van der Waals surface area contributed by atoms with Crippen molar-refractivity contribution in [2.75, 3.05) is 32.4 Å². The molecule has 23 heavy (non-hydrogen) atoms. The maximum absolute atomic E-state index is 12.8. The minimum Gasteiger partial charge on any atom is -0.316 e. The predicted octanol–water partition coefficient (Wildman–Crippen LogP) is 0.854. The van der Waals surface area contributed by atoms with Crippen LogP contribution in [0, 0.1) is 5.41 Å². The first-order valence-corrected chi connectivity index (χ1v) is 11.1. The molecule has 0 radical (unpaired) electrons. The Morgan fingerprint density at radius 2 is 1.70 bits per heavy atom. The van der Waals surface area contributed by atoms with E-state index in [1.54, 1.807) is 0 Å². The molecule has 1 N–H and O–H groups in total. The molecule has 8 heteroatoms. The summed E-state index contributed by atoms with van der Waals surface area (Å²) < 4.78 is 50.1. The van der Waals surface area contributed by atoms with Gasteiger partial charge in [0.25, 0.3) is 0 Å². The average molecular weight is 358 g/mol. The van der Waals surface area contributed by atoms with E-state index in [4.69, 9.17) is 0 Å². The predicted molar refractivity (Wildman–Crippen MR) is 87.5 cm³/mol. The molecule has 2 saturated heterocycles. The van der Waals surface area contributed by atoms with E-state index in [0.717, 1.165) is 38.6 Å². The fourth-order valence-electron chi connectivity index (χ4n) is 3.49. The number of rotatable bonds is 3. The summed E-state index contributed by atoms with van der Waals surface area (Å²) in [6.45, 7) is 2.93. The van der Waals surface area contributed by atoms with Crippen molar-refractivity contribution < 1.29 is 16.8 Å². The molecule has 3 rings (SSSR count). The second kappa shape index (κ2) is 5.84. The van der Waals surface area contributed by atoms with Crippen molar-refractivity contribution in [2.24, 2.45) is 5.41 Å². The van der Waals surface area contributed by atoms with E-state index in [0.29, 0.717) is 13.1 Å². The Morgan fingerprint density at radius 1 is 1.04 bits per heavy atom. The Hall–Kier alpha value is -0.960. The van der Waals surface area contributed by atoms with Crippen LogP contribution >= 0.6 is 0 Å². The molecule has 1 aromatic rings. The molecule has 6 nitrogen and oxygen atoms in total. The number of benzene rings is 1. The summed E-state index contributed by atoms with van der Waals surface area (Å²) in [5.41, 5.74) is 0.0536. The molecule has 2 aliphatic heterocycles. The van der Waals surface area contributed by atoms with E-state index in [-0.39, 0.29) is 15.2 Å². The molecule has 0 amide bonds. The zero-order valence-electron chi connectivity index (χ0n) is 13.2. The van der Waals surface area contributed by atoms with Crippen LogP contribution in [0.5, 0.6) is 0 Å². The number of sulfonamides is 1. The minimum atomic E-state index is -3.57. The van der Waals surface area contributed by atoms with Crippen LogP contribution < -0.4 is 5.32 Å². The Labute approximate surface area is 137 Å². The fourth-order valence-corrected chi connectivity index (χ4v) is 5.67. The van der Waals surface area contributed by atoms with Gasteiger partial charge in [0.2, 0.25) is 10.0 Å². The first-order valence-electron chi connectivity index (χ1n) is 7.74. The van der Waals surface area contributed by atoms with E-state index in [9.17, 15) is 16.8 Å². The SMILES string of the molecule is CS(=O)(=O)c1ccc(S(=O)(=O)N2CC[C@@]3(CCCNC3)C2)cc1. The second-order valence-electron chi connectivity index (χ2n) is 6.61. The summed E-state index contributed by atoms with van der Waals surface area (Å²) in [5, 5.41) is 3.37. The van der Waals surface area contributed by atoms with Gasteiger partial charge in [0, 0.05) is 25.9 Å². The van der Waals surface area contributed by atoms with Gasteiger partial charge in [-0.25, -0.2) is 16.8 Å². The van der Waals surface area contributed by atoms with Gasteiger partial charge in [0.1, 0.15) is 0 Å². The summed E-state index contributed by atoms with van der Waals surface area (Å²) in [7, 11) is -6.89. The van der Waals surface area contributed by atoms with Crippen molar-refractivity contribution in [3.63, 3.8) is 0 Å². The lowest BCUT2D eigenvalue weighted by atomic mass is 9.80. The highest BCUT2D eigenvalue weighted by atomic mass is 32.2. The highest BCUT2D eigenvalue weighted by Crippen LogP contribution is 2.38. The molecule has 0 bridgehead atoms. The Kier molecular flexibility index (Phi) is 4.29. The van der Waals surface area contributed by atoms with Crippen LogP contribution in [-0.2, 0) is 19.9 Å². The summed E-state index contributed by atoms with van der Waals surface area (Å²) in [6.07, 6.45) is 4.12. The molecule has 0 unspecified atom stereocenters. The van der Waals surface area contributed by atoms with E-state index in [2.05, 4.69) is 5.32 Å². The second-order valence-corrected chi connectivity index (χ2v) is 10.6. The van der Waals surface area contributed by atoms with Crippen LogP contribution in [0.15, 0.2) is 34.1 Å². The molecular formula is C15H22N2O4S2. The third-order valence-corrected chi connectivity index (χ3v) is 7.84. The number of nitrogens with zero attached hydrogens (tertiary/aromatic N) is 1. The van der Waals surface area contributed by atoms with E-state index < -0.39 is 19.9 Å². The molecule has 1 spiro atoms. The third kappa shape index (κ3) is 3.31. The number of sulfone groups is 1. The number of piperidine rings is 1. The standard InChI is InChI=1S/C15H22N2O4S2/c1-22(18,19)13-3-5-14(6-4-13)23(20,21)17-10-8-15(12-17)7-2-9-16-11-15/h3-6,16H,2,7-12H2,1H3/t15-/m1/s1. The van der Waals surface area contributed by atoms with Gasteiger partial charge in [-0.15, -0.1) is 0 Å². The Morgan fingerprint density at radius 3 is 2.26 bits per heavy atom. The van der Waals surface area contributed by atoms with Crippen LogP contribution in [0.1, 0.15) is 19.3 Å². The van der Waals surface area contributed by atoms with Crippen LogP contribution in [0.2, 0.25) is 0 Å². The lowest BCUT2D eigenvalue weighted by Gasteiger charge is -2.33. The maximum atomic E-state index is 12.8. The van der Waals surface area contributed by atoms with E-state index in [1.807, 2.05) is 0 Å². The zero-order chi connectivity index (χ0) is 16.7. The average Bonchev–Trinajstić information content (AvgIpc) is 2.92. The maximum Gasteiger partial charge on any atom is 0.243 e. The van der Waals surface area contributed by atoms with Gasteiger partial charge in [-0.05, 0) is 55.5 Å². The largest absolute Gasteiger partial charge is 0.316 e. The molecule has 0 aliphatic carbocycles. The minimum absolute atomic E-state index is 0.0536. The molecule has 1 atom stereocenters. The quantitative estimate of drug-likeness (QED) is 0.866. The van der Waals surface area contributed by atoms with Gasteiger partial charge in [0.15, 0.2) is 9.84 Å². The molecule has 0 aromatic heterocycles. The van der Waals surface area contributed by atoms with Crippen molar-refractivity contribution in [3.8, 4) is 0 Å². The van der Waals surface area contributed by atoms with Crippen LogP contribution in [0.25, 0.3) is 0 Å². The molecule has 2 heterocycles. The first-order chi connectivity index (χ1) is 10.7. The van der Waals surface area contributed by atoms with Crippen LogP contribution in [-0.4, -0.2) is 53.6 Å². The molecule has 0 saturated carbocycles. The van der Waals surface area contributed by atoms with E-state index >= 15 is 0 Å². The van der Waals surface area contributed by atoms with E-state index in [1.165, 1.54) is 28.6 Å². The number of hydrogen-bond acceptors (Lipinski definition) is 5. The highest BCUT2D eigenvalue weighted by molar-refractivity contribution is 7.90. The summed E-state index contributed by atoms with van der Waals surface area (Å²) in [6, 6.07) is 5.48. The van der Waals surface area contributed by atoms with Gasteiger partial charge in [-0.2, -0.15) is 4.31 Å². The fraction of sp³-hybridized carbons (Fsp3) is 0.600. The normalized spacial score (nSPS) is 26.7. The number of hydrogen-bond donors (Lipinski definition) is 1. The van der Waals surface area contributed by atoms with Crippen molar-refractivity contribution in [1.29, 1.82) is 0 Å². The highest BCUT2D eigenvalue weighted by Gasteiger charge is 2.43. The lowest BCUT2D eigenvalue weighted by molar-refractivity contribution is 0.224. The van der Waals surface area contributed by atoms with Crippen LogP contribution in [0.4, 0.5) is 0 Å². The lowest BCUT2D eigenvalue weighted by Crippen LogP contribution is -2.42. The Bertz CT molecular complexity index is 779. The van der Waals surface area contributed by atoms with Crippen molar-refractivity contribution in [1.82, 2.24) is 9.62 Å². The summed E-state index contributed by atoms with van der Waals surface area (Å²) in [4.78, 5) is 0.288. The molecule has 128 valence electrons.